The molecular formula is C10H16N2O3. The number of nitrogens with one attached hydrogen (secondary N) is 1. The van der Waals surface area contributed by atoms with Gasteiger partial charge in [-0.2, -0.15) is 0 Å². The maximum absolute atomic E-state index is 11.8. The van der Waals surface area contributed by atoms with E-state index in [1.54, 1.807) is 4.90 Å². The first-order valence-corrected chi connectivity index (χ1v) is 5.34. The number of amides is 2. The van der Waals surface area contributed by atoms with Gasteiger partial charge in [0.25, 0.3) is 0 Å². The van der Waals surface area contributed by atoms with Crippen LogP contribution in [0.4, 0.5) is 0 Å². The highest BCUT2D eigenvalue weighted by Gasteiger charge is 2.44. The fourth-order valence-corrected chi connectivity index (χ4v) is 2.06. The molecule has 84 valence electrons. The van der Waals surface area contributed by atoms with Crippen LogP contribution in [0.2, 0.25) is 0 Å². The Hall–Kier alpha value is -1.10. The summed E-state index contributed by atoms with van der Waals surface area (Å²) in [6.07, 6.45) is 1.68. The van der Waals surface area contributed by atoms with Gasteiger partial charge in [-0.1, -0.05) is 6.92 Å². The molecule has 2 fully saturated rings. The Morgan fingerprint density at radius 1 is 1.67 bits per heavy atom. The van der Waals surface area contributed by atoms with E-state index >= 15 is 0 Å². The second-order valence-corrected chi connectivity index (χ2v) is 4.43. The Labute approximate surface area is 88.4 Å². The summed E-state index contributed by atoms with van der Waals surface area (Å²) in [7, 11) is 0. The fourth-order valence-electron chi connectivity index (χ4n) is 2.06. The van der Waals surface area contributed by atoms with Gasteiger partial charge >= 0.3 is 0 Å². The number of carbonyl (C=O) groups excluding carboxylic acids is 2. The van der Waals surface area contributed by atoms with Gasteiger partial charge in [-0.3, -0.25) is 9.59 Å². The molecule has 0 spiro atoms. The fraction of sp³-hybridized carbons (Fsp3) is 0.800. The van der Waals surface area contributed by atoms with Gasteiger partial charge in [0, 0.05) is 6.42 Å². The van der Waals surface area contributed by atoms with Crippen LogP contribution < -0.4 is 5.32 Å². The van der Waals surface area contributed by atoms with Crippen LogP contribution in [0, 0.1) is 0 Å². The van der Waals surface area contributed by atoms with Gasteiger partial charge in [-0.15, -0.1) is 0 Å². The summed E-state index contributed by atoms with van der Waals surface area (Å²) >= 11 is 0. The number of hydrogen-bond acceptors (Lipinski definition) is 3. The van der Waals surface area contributed by atoms with Crippen molar-refractivity contribution in [2.75, 3.05) is 13.1 Å². The largest absolute Gasteiger partial charge is 0.386 e. The van der Waals surface area contributed by atoms with Crippen molar-refractivity contribution < 1.29 is 14.7 Å². The molecule has 5 nitrogen and oxygen atoms in total. The summed E-state index contributed by atoms with van der Waals surface area (Å²) in [5, 5.41) is 12.4. The van der Waals surface area contributed by atoms with Crippen LogP contribution in [0.15, 0.2) is 0 Å². The van der Waals surface area contributed by atoms with E-state index in [-0.39, 0.29) is 17.9 Å². The topological polar surface area (TPSA) is 69.6 Å². The summed E-state index contributed by atoms with van der Waals surface area (Å²) in [6, 6.07) is -0.362. The van der Waals surface area contributed by atoms with Gasteiger partial charge in [-0.05, 0) is 12.8 Å². The third-order valence-electron chi connectivity index (χ3n) is 3.23. The van der Waals surface area contributed by atoms with E-state index in [1.165, 1.54) is 0 Å². The number of aliphatic hydroxyl groups is 1. The monoisotopic (exact) mass is 212 g/mol. The van der Waals surface area contributed by atoms with Gasteiger partial charge in [0.05, 0.1) is 18.7 Å². The zero-order valence-electron chi connectivity index (χ0n) is 8.82. The summed E-state index contributed by atoms with van der Waals surface area (Å²) in [5.41, 5.74) is -0.696. The number of nitrogens with zero attached hydrogens (tertiary/aromatic N) is 1. The predicted octanol–water partition coefficient (Wildman–Crippen LogP) is -0.752. The molecule has 0 radical (unpaired) electrons. The zero-order valence-corrected chi connectivity index (χ0v) is 8.82. The lowest BCUT2D eigenvalue weighted by atomic mass is 9.90. The van der Waals surface area contributed by atoms with E-state index in [0.717, 1.165) is 0 Å². The SMILES string of the molecule is CCC1(O)CN(C(=O)[C@H]2CCC(=O)N2)C1. The molecule has 2 N–H and O–H groups in total. The van der Waals surface area contributed by atoms with Gasteiger partial charge in [0.15, 0.2) is 0 Å². The van der Waals surface area contributed by atoms with Gasteiger partial charge in [0.2, 0.25) is 11.8 Å². The number of rotatable bonds is 2. The minimum absolute atomic E-state index is 0.0559. The van der Waals surface area contributed by atoms with Gasteiger partial charge < -0.3 is 15.3 Å². The molecule has 2 saturated heterocycles. The van der Waals surface area contributed by atoms with Crippen LogP contribution >= 0.6 is 0 Å². The third-order valence-corrected chi connectivity index (χ3v) is 3.23. The van der Waals surface area contributed by atoms with E-state index in [1.807, 2.05) is 6.92 Å². The molecule has 2 aliphatic rings. The summed E-state index contributed by atoms with van der Waals surface area (Å²) in [6.45, 7) is 2.70. The Balaban J connectivity index is 1.86. The minimum atomic E-state index is -0.696. The molecule has 1 atom stereocenters. The van der Waals surface area contributed by atoms with E-state index in [2.05, 4.69) is 5.32 Å². The van der Waals surface area contributed by atoms with E-state index in [0.29, 0.717) is 32.4 Å². The molecule has 0 aromatic rings. The third kappa shape index (κ3) is 1.84. The molecule has 0 aromatic carbocycles. The van der Waals surface area contributed by atoms with Crippen molar-refractivity contribution in [3.63, 3.8) is 0 Å². The lowest BCUT2D eigenvalue weighted by Crippen LogP contribution is -2.65. The van der Waals surface area contributed by atoms with Crippen molar-refractivity contribution in [3.8, 4) is 0 Å². The predicted molar refractivity (Wildman–Crippen MR) is 53.0 cm³/mol. The van der Waals surface area contributed by atoms with Gasteiger partial charge in [0.1, 0.15) is 6.04 Å². The number of β-amino-alcohol motifs (C(OH)–C–C–N with tert-alkyl or cyclic N) is 1. The highest BCUT2D eigenvalue weighted by molar-refractivity contribution is 5.91. The number of hydrogen-bond donors (Lipinski definition) is 2. The van der Waals surface area contributed by atoms with Crippen molar-refractivity contribution >= 4 is 11.8 Å². The molecule has 2 aliphatic heterocycles. The highest BCUT2D eigenvalue weighted by Crippen LogP contribution is 2.25. The average molecular weight is 212 g/mol. The lowest BCUT2D eigenvalue weighted by Gasteiger charge is -2.46. The van der Waals surface area contributed by atoms with Crippen LogP contribution in [0.25, 0.3) is 0 Å². The molecule has 0 saturated carbocycles. The molecular weight excluding hydrogens is 196 g/mol. The Morgan fingerprint density at radius 3 is 2.80 bits per heavy atom. The number of likely N-dealkylation sites (tertiary alicyclic amines) is 1. The molecule has 5 heteroatoms. The zero-order chi connectivity index (χ0) is 11.1. The highest BCUT2D eigenvalue weighted by atomic mass is 16.3. The minimum Gasteiger partial charge on any atom is -0.386 e. The van der Waals surface area contributed by atoms with Crippen LogP contribution in [0.3, 0.4) is 0 Å². The van der Waals surface area contributed by atoms with Crippen molar-refractivity contribution in [3.05, 3.63) is 0 Å². The summed E-state index contributed by atoms with van der Waals surface area (Å²) in [4.78, 5) is 24.3. The first-order valence-electron chi connectivity index (χ1n) is 5.34. The van der Waals surface area contributed by atoms with E-state index in [9.17, 15) is 14.7 Å². The van der Waals surface area contributed by atoms with E-state index in [4.69, 9.17) is 0 Å². The molecule has 15 heavy (non-hydrogen) atoms. The van der Waals surface area contributed by atoms with Crippen LogP contribution in [0.5, 0.6) is 0 Å². The molecule has 0 aliphatic carbocycles. The van der Waals surface area contributed by atoms with Crippen molar-refractivity contribution in [1.82, 2.24) is 10.2 Å². The Kier molecular flexibility index (Phi) is 2.42. The molecule has 0 aromatic heterocycles. The van der Waals surface area contributed by atoms with Crippen LogP contribution in [0.1, 0.15) is 26.2 Å². The lowest BCUT2D eigenvalue weighted by molar-refractivity contribution is -0.157. The standard InChI is InChI=1S/C10H16N2O3/c1-2-10(15)5-12(6-10)9(14)7-3-4-8(13)11-7/h7,15H,2-6H2,1H3,(H,11,13)/t7-/m1/s1. The second-order valence-electron chi connectivity index (χ2n) is 4.43. The first kappa shape index (κ1) is 10.4. The molecule has 0 unspecified atom stereocenters. The quantitative estimate of drug-likeness (QED) is 0.632. The molecule has 0 bridgehead atoms. The second kappa shape index (κ2) is 3.48. The van der Waals surface area contributed by atoms with E-state index < -0.39 is 5.60 Å². The molecule has 2 amide bonds. The Bertz CT molecular complexity index is 297. The summed E-state index contributed by atoms with van der Waals surface area (Å²) < 4.78 is 0. The Morgan fingerprint density at radius 2 is 2.33 bits per heavy atom. The average Bonchev–Trinajstić information content (AvgIpc) is 2.59. The van der Waals surface area contributed by atoms with Crippen LogP contribution in [-0.2, 0) is 9.59 Å². The van der Waals surface area contributed by atoms with Gasteiger partial charge in [-0.25, -0.2) is 0 Å². The van der Waals surface area contributed by atoms with Crippen LogP contribution in [-0.4, -0.2) is 46.6 Å². The first-order chi connectivity index (χ1) is 7.04. The smallest absolute Gasteiger partial charge is 0.245 e. The number of carbonyl (C=O) groups is 2. The van der Waals surface area contributed by atoms with Crippen molar-refractivity contribution in [2.24, 2.45) is 0 Å². The molecule has 2 heterocycles. The summed E-state index contributed by atoms with van der Waals surface area (Å²) in [5.74, 6) is -0.112. The van der Waals surface area contributed by atoms with Crippen molar-refractivity contribution in [1.29, 1.82) is 0 Å². The maximum atomic E-state index is 11.8. The normalized spacial score (nSPS) is 28.5. The maximum Gasteiger partial charge on any atom is 0.245 e. The molecule has 2 rings (SSSR count). The van der Waals surface area contributed by atoms with Crippen molar-refractivity contribution in [2.45, 2.75) is 37.8 Å².